The van der Waals surface area contributed by atoms with Crippen LogP contribution in [-0.2, 0) is 6.42 Å². The Labute approximate surface area is 165 Å². The van der Waals surface area contributed by atoms with Gasteiger partial charge in [-0.1, -0.05) is 23.7 Å². The zero-order chi connectivity index (χ0) is 19.1. The zero-order valence-electron chi connectivity index (χ0n) is 16.3. The van der Waals surface area contributed by atoms with Crippen LogP contribution in [0.25, 0.3) is 22.7 Å². The second-order valence-corrected chi connectivity index (χ2v) is 7.78. The molecule has 0 N–H and O–H groups in total. The Morgan fingerprint density at radius 2 is 1.93 bits per heavy atom. The third kappa shape index (κ3) is 3.15. The molecule has 1 aliphatic heterocycles. The minimum absolute atomic E-state index is 0.361. The Balaban J connectivity index is 1.90. The second kappa shape index (κ2) is 7.06. The summed E-state index contributed by atoms with van der Waals surface area (Å²) in [4.78, 5) is 2.41. The first-order valence-electron chi connectivity index (χ1n) is 9.35. The number of nitrogens with zero attached hydrogens (tertiary/aromatic N) is 2. The molecule has 0 amide bonds. The van der Waals surface area contributed by atoms with E-state index in [0.29, 0.717) is 6.04 Å². The van der Waals surface area contributed by atoms with Crippen LogP contribution in [0.2, 0.25) is 5.02 Å². The average Bonchev–Trinajstić information content (AvgIpc) is 2.98. The molecule has 1 aliphatic rings. The van der Waals surface area contributed by atoms with Gasteiger partial charge in [-0.15, -0.1) is 0 Å². The SMILES string of the molecule is COc1ccc(/C(C)=C/n2c3c(c4cc(Cl)ccc42)CCN(C)C3C)cc1. The zero-order valence-corrected chi connectivity index (χ0v) is 17.0. The van der Waals surface area contributed by atoms with Gasteiger partial charge in [0, 0.05) is 34.9 Å². The maximum atomic E-state index is 6.32. The molecule has 2 aromatic carbocycles. The van der Waals surface area contributed by atoms with Gasteiger partial charge in [0.1, 0.15) is 5.75 Å². The molecule has 4 heteroatoms. The van der Waals surface area contributed by atoms with Crippen LogP contribution < -0.4 is 4.74 Å². The Morgan fingerprint density at radius 1 is 1.19 bits per heavy atom. The smallest absolute Gasteiger partial charge is 0.118 e. The van der Waals surface area contributed by atoms with E-state index in [1.54, 1.807) is 7.11 Å². The number of hydrogen-bond acceptors (Lipinski definition) is 2. The Morgan fingerprint density at radius 3 is 2.63 bits per heavy atom. The lowest BCUT2D eigenvalue weighted by atomic mass is 9.99. The lowest BCUT2D eigenvalue weighted by Crippen LogP contribution is -2.31. The van der Waals surface area contributed by atoms with Crippen molar-refractivity contribution < 1.29 is 4.74 Å². The number of fused-ring (bicyclic) bond motifs is 3. The molecule has 2 heterocycles. The first-order valence-corrected chi connectivity index (χ1v) is 9.72. The predicted molar refractivity (Wildman–Crippen MR) is 115 cm³/mol. The minimum Gasteiger partial charge on any atom is -0.497 e. The summed E-state index contributed by atoms with van der Waals surface area (Å²) in [5, 5.41) is 2.07. The van der Waals surface area contributed by atoms with Gasteiger partial charge in [-0.05, 0) is 74.3 Å². The van der Waals surface area contributed by atoms with E-state index in [9.17, 15) is 0 Å². The molecule has 0 spiro atoms. The minimum atomic E-state index is 0.361. The van der Waals surface area contributed by atoms with Crippen LogP contribution in [0.1, 0.15) is 36.7 Å². The van der Waals surface area contributed by atoms with Crippen molar-refractivity contribution in [1.29, 1.82) is 0 Å². The van der Waals surface area contributed by atoms with Crippen LogP contribution in [0.15, 0.2) is 42.5 Å². The van der Waals surface area contributed by atoms with Gasteiger partial charge in [0.05, 0.1) is 12.6 Å². The van der Waals surface area contributed by atoms with E-state index in [1.165, 1.54) is 33.3 Å². The van der Waals surface area contributed by atoms with Crippen molar-refractivity contribution in [2.75, 3.05) is 20.7 Å². The number of rotatable bonds is 3. The Hall–Kier alpha value is -2.23. The number of halogens is 1. The molecule has 0 saturated heterocycles. The van der Waals surface area contributed by atoms with Gasteiger partial charge in [-0.2, -0.15) is 0 Å². The average molecular weight is 381 g/mol. The first kappa shape index (κ1) is 18.1. The molecule has 1 aromatic heterocycles. The number of aromatic nitrogens is 1. The van der Waals surface area contributed by atoms with Crippen LogP contribution in [0.4, 0.5) is 0 Å². The van der Waals surface area contributed by atoms with Crippen LogP contribution in [-0.4, -0.2) is 30.2 Å². The number of benzene rings is 2. The van der Waals surface area contributed by atoms with E-state index in [-0.39, 0.29) is 0 Å². The Bertz CT molecular complexity index is 1020. The van der Waals surface area contributed by atoms with Gasteiger partial charge in [0.25, 0.3) is 0 Å². The third-order valence-corrected chi connectivity index (χ3v) is 5.99. The molecule has 1 atom stereocenters. The number of hydrogen-bond donors (Lipinski definition) is 0. The maximum absolute atomic E-state index is 6.32. The predicted octanol–water partition coefficient (Wildman–Crippen LogP) is 5.87. The monoisotopic (exact) mass is 380 g/mol. The summed E-state index contributed by atoms with van der Waals surface area (Å²) in [7, 11) is 3.89. The van der Waals surface area contributed by atoms with E-state index >= 15 is 0 Å². The van der Waals surface area contributed by atoms with Gasteiger partial charge in [0.2, 0.25) is 0 Å². The molecular weight excluding hydrogens is 356 g/mol. The van der Waals surface area contributed by atoms with E-state index in [2.05, 4.69) is 60.8 Å². The Kier molecular flexibility index (Phi) is 4.75. The molecular formula is C23H25ClN2O. The summed E-state index contributed by atoms with van der Waals surface area (Å²) in [6.45, 7) is 5.51. The van der Waals surface area contributed by atoms with Gasteiger partial charge in [0.15, 0.2) is 0 Å². The maximum Gasteiger partial charge on any atom is 0.118 e. The van der Waals surface area contributed by atoms with Crippen LogP contribution in [0, 0.1) is 0 Å². The van der Waals surface area contributed by atoms with Crippen molar-refractivity contribution in [3.05, 3.63) is 64.3 Å². The van der Waals surface area contributed by atoms with Crippen molar-refractivity contribution in [3.63, 3.8) is 0 Å². The van der Waals surface area contributed by atoms with Gasteiger partial charge >= 0.3 is 0 Å². The van der Waals surface area contributed by atoms with E-state index in [0.717, 1.165) is 23.7 Å². The quantitative estimate of drug-likeness (QED) is 0.565. The first-order chi connectivity index (χ1) is 13.0. The largest absolute Gasteiger partial charge is 0.497 e. The molecule has 0 bridgehead atoms. The standard InChI is InChI=1S/C23H25ClN2O/c1-15(17-5-8-19(27-4)9-6-17)14-26-22-10-7-18(24)13-21(22)20-11-12-25(3)16(2)23(20)26/h5-10,13-14,16H,11-12H2,1-4H3/b15-14+. The summed E-state index contributed by atoms with van der Waals surface area (Å²) in [5.74, 6) is 0.875. The normalized spacial score (nSPS) is 18.0. The van der Waals surface area contributed by atoms with Crippen LogP contribution >= 0.6 is 11.6 Å². The molecule has 3 nitrogen and oxygen atoms in total. The molecule has 140 valence electrons. The summed E-state index contributed by atoms with van der Waals surface area (Å²) < 4.78 is 7.64. The highest BCUT2D eigenvalue weighted by Gasteiger charge is 2.27. The van der Waals surface area contributed by atoms with Crippen LogP contribution in [0.3, 0.4) is 0 Å². The molecule has 4 rings (SSSR count). The number of methoxy groups -OCH3 is 1. The molecule has 3 aromatic rings. The fourth-order valence-corrected chi connectivity index (χ4v) is 4.21. The molecule has 27 heavy (non-hydrogen) atoms. The second-order valence-electron chi connectivity index (χ2n) is 7.34. The molecule has 1 unspecified atom stereocenters. The number of ether oxygens (including phenoxy) is 1. The van der Waals surface area contributed by atoms with Crippen molar-refractivity contribution in [1.82, 2.24) is 9.47 Å². The lowest BCUT2D eigenvalue weighted by molar-refractivity contribution is 0.242. The topological polar surface area (TPSA) is 17.4 Å². The fourth-order valence-electron chi connectivity index (χ4n) is 4.04. The molecule has 0 radical (unpaired) electrons. The number of likely N-dealkylation sites (N-methyl/N-ethyl adjacent to an activating group) is 1. The summed E-state index contributed by atoms with van der Waals surface area (Å²) in [6.07, 6.45) is 3.31. The molecule has 0 saturated carbocycles. The third-order valence-electron chi connectivity index (χ3n) is 5.75. The van der Waals surface area contributed by atoms with Crippen molar-refractivity contribution in [2.45, 2.75) is 26.3 Å². The van der Waals surface area contributed by atoms with Gasteiger partial charge < -0.3 is 9.30 Å². The van der Waals surface area contributed by atoms with Crippen molar-refractivity contribution >= 4 is 34.3 Å². The highest BCUT2D eigenvalue weighted by molar-refractivity contribution is 6.31. The number of allylic oxidation sites excluding steroid dienone is 1. The lowest BCUT2D eigenvalue weighted by Gasteiger charge is -2.31. The van der Waals surface area contributed by atoms with Gasteiger partial charge in [-0.25, -0.2) is 0 Å². The fraction of sp³-hybridized carbons (Fsp3) is 0.304. The van der Waals surface area contributed by atoms with Gasteiger partial charge in [-0.3, -0.25) is 4.90 Å². The van der Waals surface area contributed by atoms with E-state index < -0.39 is 0 Å². The summed E-state index contributed by atoms with van der Waals surface area (Å²) in [5.41, 5.74) is 6.43. The van der Waals surface area contributed by atoms with E-state index in [4.69, 9.17) is 16.3 Å². The molecule has 0 aliphatic carbocycles. The summed E-state index contributed by atoms with van der Waals surface area (Å²) >= 11 is 6.32. The summed E-state index contributed by atoms with van der Waals surface area (Å²) in [6, 6.07) is 14.8. The molecule has 0 fully saturated rings. The van der Waals surface area contributed by atoms with Crippen molar-refractivity contribution in [3.8, 4) is 5.75 Å². The van der Waals surface area contributed by atoms with E-state index in [1.807, 2.05) is 18.2 Å². The van der Waals surface area contributed by atoms with Crippen molar-refractivity contribution in [2.24, 2.45) is 0 Å². The highest BCUT2D eigenvalue weighted by Crippen LogP contribution is 2.38. The van der Waals surface area contributed by atoms with Crippen LogP contribution in [0.5, 0.6) is 5.75 Å². The highest BCUT2D eigenvalue weighted by atomic mass is 35.5.